The van der Waals surface area contributed by atoms with Crippen molar-refractivity contribution < 1.29 is 5.21 Å². The average molecular weight is 318 g/mol. The van der Waals surface area contributed by atoms with E-state index < -0.39 is 0 Å². The molecule has 4 rings (SSSR count). The van der Waals surface area contributed by atoms with E-state index in [0.717, 1.165) is 29.4 Å². The van der Waals surface area contributed by atoms with Crippen molar-refractivity contribution in [2.24, 2.45) is 45.6 Å². The molecule has 4 aliphatic carbocycles. The Morgan fingerprint density at radius 2 is 1.65 bits per heavy atom. The Morgan fingerprint density at radius 3 is 2.43 bits per heavy atom. The van der Waals surface area contributed by atoms with Gasteiger partial charge in [0.25, 0.3) is 0 Å². The van der Waals surface area contributed by atoms with E-state index in [-0.39, 0.29) is 0 Å². The zero-order chi connectivity index (χ0) is 16.2. The molecule has 7 atom stereocenters. The second-order valence-electron chi connectivity index (χ2n) is 9.82. The Balaban J connectivity index is 1.62. The van der Waals surface area contributed by atoms with Gasteiger partial charge in [0, 0.05) is 5.92 Å². The van der Waals surface area contributed by atoms with Gasteiger partial charge in [-0.1, -0.05) is 31.8 Å². The smallest absolute Gasteiger partial charge is 0.0576 e. The van der Waals surface area contributed by atoms with E-state index in [0.29, 0.717) is 16.7 Å². The maximum absolute atomic E-state index is 9.32. The third-order valence-electron chi connectivity index (χ3n) is 9.25. The van der Waals surface area contributed by atoms with Crippen LogP contribution in [0.25, 0.3) is 0 Å². The molecular weight excluding hydrogens is 282 g/mol. The molecule has 1 N–H and O–H groups in total. The van der Waals surface area contributed by atoms with Crippen LogP contribution in [0.5, 0.6) is 0 Å². The highest BCUT2D eigenvalue weighted by atomic mass is 16.4. The molecule has 0 aliphatic heterocycles. The van der Waals surface area contributed by atoms with Crippen molar-refractivity contribution in [1.29, 1.82) is 0 Å². The maximum Gasteiger partial charge on any atom is 0.0576 e. The number of fused-ring (bicyclic) bond motifs is 5. The maximum atomic E-state index is 9.32. The van der Waals surface area contributed by atoms with Crippen molar-refractivity contribution in [3.8, 4) is 0 Å². The van der Waals surface area contributed by atoms with Crippen LogP contribution < -0.4 is 0 Å². The first-order valence-corrected chi connectivity index (χ1v) is 10.2. The summed E-state index contributed by atoms with van der Waals surface area (Å²) < 4.78 is 0. The van der Waals surface area contributed by atoms with Crippen LogP contribution in [0.15, 0.2) is 5.16 Å². The molecule has 0 unspecified atom stereocenters. The minimum absolute atomic E-state index is 0.398. The molecule has 2 heteroatoms. The lowest BCUT2D eigenvalue weighted by Crippen LogP contribution is -2.53. The average Bonchev–Trinajstić information content (AvgIpc) is 2.91. The van der Waals surface area contributed by atoms with Crippen LogP contribution >= 0.6 is 0 Å². The van der Waals surface area contributed by atoms with Gasteiger partial charge in [-0.3, -0.25) is 0 Å². The Hall–Kier alpha value is -0.530. The zero-order valence-corrected chi connectivity index (χ0v) is 15.4. The van der Waals surface area contributed by atoms with Crippen molar-refractivity contribution in [2.45, 2.75) is 85.0 Å². The van der Waals surface area contributed by atoms with Crippen LogP contribution in [0.2, 0.25) is 0 Å². The Morgan fingerprint density at radius 1 is 0.870 bits per heavy atom. The van der Waals surface area contributed by atoms with Crippen LogP contribution in [0.1, 0.15) is 85.0 Å². The molecule has 0 spiro atoms. The molecule has 4 saturated carbocycles. The predicted molar refractivity (Wildman–Crippen MR) is 94.7 cm³/mol. The largest absolute Gasteiger partial charge is 0.411 e. The van der Waals surface area contributed by atoms with Crippen LogP contribution in [0.4, 0.5) is 0 Å². The lowest BCUT2D eigenvalue weighted by atomic mass is 9.45. The minimum Gasteiger partial charge on any atom is -0.411 e. The molecule has 0 aromatic heterocycles. The fourth-order valence-electron chi connectivity index (χ4n) is 8.05. The molecular formula is C21H35NO. The van der Waals surface area contributed by atoms with E-state index in [1.54, 1.807) is 0 Å². The SMILES string of the molecule is CC(=NO)[C@H]1CC[C@H]2[C@@H]3CC[C@@H]4CCCC[C@]4(C)[C@H]3CC[C@]12C. The van der Waals surface area contributed by atoms with Gasteiger partial charge in [-0.15, -0.1) is 0 Å². The van der Waals surface area contributed by atoms with Crippen molar-refractivity contribution in [3.63, 3.8) is 0 Å². The molecule has 0 heterocycles. The van der Waals surface area contributed by atoms with E-state index >= 15 is 0 Å². The Kier molecular flexibility index (Phi) is 3.81. The highest BCUT2D eigenvalue weighted by molar-refractivity contribution is 5.84. The molecule has 0 aromatic rings. The fraction of sp³-hybridized carbons (Fsp3) is 0.952. The number of hydrogen-bond acceptors (Lipinski definition) is 2. The summed E-state index contributed by atoms with van der Waals surface area (Å²) in [5.74, 6) is 4.34. The quantitative estimate of drug-likeness (QED) is 0.365. The van der Waals surface area contributed by atoms with Gasteiger partial charge >= 0.3 is 0 Å². The van der Waals surface area contributed by atoms with Gasteiger partial charge in [0.15, 0.2) is 0 Å². The van der Waals surface area contributed by atoms with E-state index in [9.17, 15) is 5.21 Å². The van der Waals surface area contributed by atoms with Gasteiger partial charge < -0.3 is 5.21 Å². The summed E-state index contributed by atoms with van der Waals surface area (Å²) in [5, 5.41) is 12.9. The first kappa shape index (κ1) is 16.0. The molecule has 0 radical (unpaired) electrons. The molecule has 0 bridgehead atoms. The second kappa shape index (κ2) is 5.49. The van der Waals surface area contributed by atoms with E-state index in [2.05, 4.69) is 19.0 Å². The lowest BCUT2D eigenvalue weighted by molar-refractivity contribution is -0.106. The molecule has 0 amide bonds. The predicted octanol–water partition coefficient (Wildman–Crippen LogP) is 5.89. The number of nitrogens with zero attached hydrogens (tertiary/aromatic N) is 1. The molecule has 0 aromatic carbocycles. The van der Waals surface area contributed by atoms with Crippen LogP contribution in [0, 0.1) is 40.4 Å². The van der Waals surface area contributed by atoms with Crippen molar-refractivity contribution in [1.82, 2.24) is 0 Å². The molecule has 0 saturated heterocycles. The van der Waals surface area contributed by atoms with Crippen molar-refractivity contribution >= 4 is 5.71 Å². The summed E-state index contributed by atoms with van der Waals surface area (Å²) >= 11 is 0. The van der Waals surface area contributed by atoms with Crippen LogP contribution in [-0.4, -0.2) is 10.9 Å². The lowest BCUT2D eigenvalue weighted by Gasteiger charge is -2.60. The number of hydrogen-bond donors (Lipinski definition) is 1. The highest BCUT2D eigenvalue weighted by Crippen LogP contribution is 2.67. The van der Waals surface area contributed by atoms with Crippen LogP contribution in [-0.2, 0) is 0 Å². The van der Waals surface area contributed by atoms with Gasteiger partial charge in [0.05, 0.1) is 5.71 Å². The normalized spacial score (nSPS) is 53.3. The molecule has 130 valence electrons. The molecule has 23 heavy (non-hydrogen) atoms. The summed E-state index contributed by atoms with van der Waals surface area (Å²) in [5.41, 5.74) is 2.03. The summed E-state index contributed by atoms with van der Waals surface area (Å²) in [6.07, 6.45) is 14.3. The van der Waals surface area contributed by atoms with Gasteiger partial charge in [0.2, 0.25) is 0 Å². The second-order valence-corrected chi connectivity index (χ2v) is 9.82. The van der Waals surface area contributed by atoms with Crippen molar-refractivity contribution in [3.05, 3.63) is 0 Å². The Bertz CT molecular complexity index is 500. The summed E-state index contributed by atoms with van der Waals surface area (Å²) in [7, 11) is 0. The zero-order valence-electron chi connectivity index (χ0n) is 15.4. The van der Waals surface area contributed by atoms with E-state index in [4.69, 9.17) is 0 Å². The van der Waals surface area contributed by atoms with Gasteiger partial charge in [-0.05, 0) is 92.8 Å². The van der Waals surface area contributed by atoms with Crippen LogP contribution in [0.3, 0.4) is 0 Å². The van der Waals surface area contributed by atoms with Crippen molar-refractivity contribution in [2.75, 3.05) is 0 Å². The standard InChI is InChI=1S/C21H35NO/c1-14(22-23)17-9-10-18-16-8-7-15-6-4-5-12-20(15,2)19(16)11-13-21(17,18)3/h15-19,23H,4-13H2,1-3H3/t15-,16-,17+,18-,19-,20-,21+/m0/s1. The summed E-state index contributed by atoms with van der Waals surface area (Å²) in [6.45, 7) is 7.22. The fourth-order valence-corrected chi connectivity index (χ4v) is 8.05. The first-order chi connectivity index (χ1) is 11.0. The van der Waals surface area contributed by atoms with Gasteiger partial charge in [0.1, 0.15) is 0 Å². The first-order valence-electron chi connectivity index (χ1n) is 10.2. The number of oxime groups is 1. The van der Waals surface area contributed by atoms with Gasteiger partial charge in [-0.25, -0.2) is 0 Å². The Labute approximate surface area is 142 Å². The summed E-state index contributed by atoms with van der Waals surface area (Å²) in [6, 6.07) is 0. The third kappa shape index (κ3) is 2.15. The minimum atomic E-state index is 0.398. The van der Waals surface area contributed by atoms with E-state index in [1.165, 1.54) is 64.2 Å². The van der Waals surface area contributed by atoms with E-state index in [1.807, 2.05) is 6.92 Å². The molecule has 2 nitrogen and oxygen atoms in total. The highest BCUT2D eigenvalue weighted by Gasteiger charge is 2.59. The summed E-state index contributed by atoms with van der Waals surface area (Å²) in [4.78, 5) is 0. The third-order valence-corrected chi connectivity index (χ3v) is 9.25. The van der Waals surface area contributed by atoms with Gasteiger partial charge in [-0.2, -0.15) is 0 Å². The topological polar surface area (TPSA) is 32.6 Å². The number of rotatable bonds is 1. The molecule has 4 fully saturated rings. The molecule has 4 aliphatic rings. The monoisotopic (exact) mass is 317 g/mol.